The van der Waals surface area contributed by atoms with Gasteiger partial charge < -0.3 is 4.90 Å². The van der Waals surface area contributed by atoms with Crippen LogP contribution in [0.3, 0.4) is 0 Å². The second-order valence-electron chi connectivity index (χ2n) is 7.55. The first kappa shape index (κ1) is 18.4. The molecule has 0 N–H and O–H groups in total. The lowest BCUT2D eigenvalue weighted by atomic mass is 9.94. The minimum absolute atomic E-state index is 0.135. The van der Waals surface area contributed by atoms with E-state index in [1.807, 2.05) is 24.0 Å². The monoisotopic (exact) mass is 364 g/mol. The first-order chi connectivity index (χ1) is 11.9. The van der Waals surface area contributed by atoms with Crippen LogP contribution in [0, 0.1) is 18.8 Å². The zero-order chi connectivity index (χ0) is 18.0. The highest BCUT2D eigenvalue weighted by Gasteiger charge is 2.35. The number of piperidine rings is 2. The smallest absolute Gasteiger partial charge is 0.243 e. The molecule has 1 aromatic carbocycles. The molecule has 2 aliphatic rings. The van der Waals surface area contributed by atoms with Crippen LogP contribution in [0.25, 0.3) is 0 Å². The Morgan fingerprint density at radius 2 is 1.72 bits per heavy atom. The second kappa shape index (κ2) is 7.46. The van der Waals surface area contributed by atoms with Crippen LogP contribution in [0.2, 0.25) is 0 Å². The van der Waals surface area contributed by atoms with Gasteiger partial charge in [0.15, 0.2) is 0 Å². The highest BCUT2D eigenvalue weighted by molar-refractivity contribution is 7.89. The lowest BCUT2D eigenvalue weighted by Gasteiger charge is -2.37. The molecule has 1 amide bonds. The maximum Gasteiger partial charge on any atom is 0.243 e. The van der Waals surface area contributed by atoms with E-state index in [9.17, 15) is 13.2 Å². The summed E-state index contributed by atoms with van der Waals surface area (Å²) >= 11 is 0. The molecule has 0 unspecified atom stereocenters. The number of hydrogen-bond donors (Lipinski definition) is 0. The minimum atomic E-state index is -3.52. The van der Waals surface area contributed by atoms with Crippen LogP contribution in [0.4, 0.5) is 0 Å². The molecular weight excluding hydrogens is 336 g/mol. The Kier molecular flexibility index (Phi) is 5.49. The van der Waals surface area contributed by atoms with E-state index in [2.05, 4.69) is 6.92 Å². The minimum Gasteiger partial charge on any atom is -0.342 e. The van der Waals surface area contributed by atoms with Gasteiger partial charge in [-0.25, -0.2) is 8.42 Å². The fourth-order valence-electron chi connectivity index (χ4n) is 3.87. The molecule has 5 nitrogen and oxygen atoms in total. The molecule has 2 saturated heterocycles. The Morgan fingerprint density at radius 1 is 1.04 bits per heavy atom. The summed E-state index contributed by atoms with van der Waals surface area (Å²) in [6.07, 6.45) is 3.74. The molecule has 1 aromatic rings. The third-order valence-electron chi connectivity index (χ3n) is 5.36. The Hall–Kier alpha value is -1.40. The number of amides is 1. The molecule has 2 heterocycles. The van der Waals surface area contributed by atoms with E-state index in [-0.39, 0.29) is 11.8 Å². The normalized spacial score (nSPS) is 25.8. The first-order valence-corrected chi connectivity index (χ1v) is 10.7. The number of rotatable bonds is 3. The summed E-state index contributed by atoms with van der Waals surface area (Å²) in [4.78, 5) is 15.1. The van der Waals surface area contributed by atoms with Gasteiger partial charge in [0.25, 0.3) is 0 Å². The Labute approximate surface area is 151 Å². The summed E-state index contributed by atoms with van der Waals surface area (Å²) in [7, 11) is -3.52. The molecule has 0 radical (unpaired) electrons. The lowest BCUT2D eigenvalue weighted by molar-refractivity contribution is -0.138. The average Bonchev–Trinajstić information content (AvgIpc) is 2.61. The van der Waals surface area contributed by atoms with Crippen molar-refractivity contribution >= 4 is 15.9 Å². The van der Waals surface area contributed by atoms with Crippen molar-refractivity contribution < 1.29 is 13.2 Å². The summed E-state index contributed by atoms with van der Waals surface area (Å²) in [5.74, 6) is 0.461. The molecule has 2 aliphatic heterocycles. The van der Waals surface area contributed by atoms with Gasteiger partial charge in [0, 0.05) is 26.2 Å². The highest BCUT2D eigenvalue weighted by Crippen LogP contribution is 2.26. The molecule has 3 rings (SSSR count). The number of aryl methyl sites for hydroxylation is 1. The molecule has 0 spiro atoms. The fourth-order valence-corrected chi connectivity index (χ4v) is 5.39. The van der Waals surface area contributed by atoms with Crippen molar-refractivity contribution in [1.82, 2.24) is 9.21 Å². The topological polar surface area (TPSA) is 57.7 Å². The third kappa shape index (κ3) is 4.06. The van der Waals surface area contributed by atoms with E-state index in [1.54, 1.807) is 12.1 Å². The number of carbonyl (C=O) groups excluding carboxylic acids is 1. The van der Waals surface area contributed by atoms with Gasteiger partial charge in [-0.1, -0.05) is 24.6 Å². The van der Waals surface area contributed by atoms with E-state index in [0.29, 0.717) is 23.9 Å². The fraction of sp³-hybridized carbons (Fsp3) is 0.632. The highest BCUT2D eigenvalue weighted by atomic mass is 32.2. The van der Waals surface area contributed by atoms with Gasteiger partial charge in [-0.05, 0) is 50.7 Å². The van der Waals surface area contributed by atoms with Crippen LogP contribution in [-0.2, 0) is 14.8 Å². The summed E-state index contributed by atoms with van der Waals surface area (Å²) in [6, 6.07) is 6.94. The zero-order valence-electron chi connectivity index (χ0n) is 15.1. The summed E-state index contributed by atoms with van der Waals surface area (Å²) < 4.78 is 27.3. The van der Waals surface area contributed by atoms with Gasteiger partial charge in [-0.2, -0.15) is 4.31 Å². The molecule has 0 bridgehead atoms. The SMILES string of the molecule is Cc1ccc(S(=O)(=O)N2CCC[C@@H](C(=O)N3CCC[C@@H](C)C3)C2)cc1. The van der Waals surface area contributed by atoms with Crippen molar-refractivity contribution in [2.45, 2.75) is 44.4 Å². The van der Waals surface area contributed by atoms with Crippen molar-refractivity contribution in [2.24, 2.45) is 11.8 Å². The quantitative estimate of drug-likeness (QED) is 0.828. The number of nitrogens with zero attached hydrogens (tertiary/aromatic N) is 2. The maximum atomic E-state index is 12.9. The molecular formula is C19H28N2O3S. The molecule has 2 fully saturated rings. The summed E-state index contributed by atoms with van der Waals surface area (Å²) in [6.45, 7) is 6.53. The Bertz CT molecular complexity index is 715. The van der Waals surface area contributed by atoms with Crippen molar-refractivity contribution in [3.63, 3.8) is 0 Å². The number of likely N-dealkylation sites (tertiary alicyclic amines) is 1. The summed E-state index contributed by atoms with van der Waals surface area (Å²) in [5.41, 5.74) is 1.03. The number of hydrogen-bond acceptors (Lipinski definition) is 3. The number of sulfonamides is 1. The molecule has 0 saturated carbocycles. The number of carbonyl (C=O) groups is 1. The predicted octanol–water partition coefficient (Wildman–Crippen LogP) is 2.65. The zero-order valence-corrected chi connectivity index (χ0v) is 16.0. The van der Waals surface area contributed by atoms with Gasteiger partial charge in [0.2, 0.25) is 15.9 Å². The standard InChI is InChI=1S/C19H28N2O3S/c1-15-7-9-18(10-8-15)25(23,24)21-12-4-6-17(14-21)19(22)20-11-3-5-16(2)13-20/h7-10,16-17H,3-6,11-14H2,1-2H3/t16-,17-/m1/s1. The second-order valence-corrected chi connectivity index (χ2v) is 9.48. The van der Waals surface area contributed by atoms with Crippen LogP contribution in [-0.4, -0.2) is 49.7 Å². The van der Waals surface area contributed by atoms with Gasteiger partial charge in [-0.3, -0.25) is 4.79 Å². The molecule has 138 valence electrons. The van der Waals surface area contributed by atoms with Crippen molar-refractivity contribution in [3.05, 3.63) is 29.8 Å². The van der Waals surface area contributed by atoms with Crippen molar-refractivity contribution in [1.29, 1.82) is 0 Å². The Balaban J connectivity index is 1.72. The van der Waals surface area contributed by atoms with E-state index < -0.39 is 10.0 Å². The van der Waals surface area contributed by atoms with Crippen molar-refractivity contribution in [3.8, 4) is 0 Å². The van der Waals surface area contributed by atoms with Gasteiger partial charge in [0.05, 0.1) is 10.8 Å². The molecule has 2 atom stereocenters. The van der Waals surface area contributed by atoms with Crippen LogP contribution < -0.4 is 0 Å². The van der Waals surface area contributed by atoms with Crippen LogP contribution >= 0.6 is 0 Å². The van der Waals surface area contributed by atoms with Gasteiger partial charge >= 0.3 is 0 Å². The summed E-state index contributed by atoms with van der Waals surface area (Å²) in [5, 5.41) is 0. The lowest BCUT2D eigenvalue weighted by Crippen LogP contribution is -2.48. The van der Waals surface area contributed by atoms with Crippen LogP contribution in [0.5, 0.6) is 0 Å². The van der Waals surface area contributed by atoms with E-state index in [1.165, 1.54) is 10.7 Å². The van der Waals surface area contributed by atoms with E-state index in [4.69, 9.17) is 0 Å². The largest absolute Gasteiger partial charge is 0.342 e. The van der Waals surface area contributed by atoms with Crippen LogP contribution in [0.15, 0.2) is 29.2 Å². The first-order valence-electron chi connectivity index (χ1n) is 9.23. The molecule has 0 aliphatic carbocycles. The third-order valence-corrected chi connectivity index (χ3v) is 7.24. The molecule has 0 aromatic heterocycles. The van der Waals surface area contributed by atoms with Crippen LogP contribution in [0.1, 0.15) is 38.2 Å². The van der Waals surface area contributed by atoms with E-state index >= 15 is 0 Å². The predicted molar refractivity (Wildman–Crippen MR) is 97.6 cm³/mol. The van der Waals surface area contributed by atoms with E-state index in [0.717, 1.165) is 37.9 Å². The average molecular weight is 365 g/mol. The maximum absolute atomic E-state index is 12.9. The Morgan fingerprint density at radius 3 is 2.40 bits per heavy atom. The van der Waals surface area contributed by atoms with Gasteiger partial charge in [-0.15, -0.1) is 0 Å². The molecule has 25 heavy (non-hydrogen) atoms. The van der Waals surface area contributed by atoms with Gasteiger partial charge in [0.1, 0.15) is 0 Å². The number of benzene rings is 1. The molecule has 6 heteroatoms. The van der Waals surface area contributed by atoms with Crippen molar-refractivity contribution in [2.75, 3.05) is 26.2 Å².